The van der Waals surface area contributed by atoms with E-state index < -0.39 is 54.6 Å². The van der Waals surface area contributed by atoms with Crippen LogP contribution in [0.15, 0.2) is 36.4 Å². The third-order valence-corrected chi connectivity index (χ3v) is 7.10. The van der Waals surface area contributed by atoms with E-state index in [0.717, 1.165) is 12.3 Å². The summed E-state index contributed by atoms with van der Waals surface area (Å²) in [7, 11) is 3.43. The van der Waals surface area contributed by atoms with E-state index in [4.69, 9.17) is 4.74 Å². The summed E-state index contributed by atoms with van der Waals surface area (Å²) < 4.78 is 59.4. The number of alkyl carbamates (subject to hydrolysis) is 1. The summed E-state index contributed by atoms with van der Waals surface area (Å²) in [5.41, 5.74) is 1.41. The molecule has 2 heterocycles. The zero-order valence-electron chi connectivity index (χ0n) is 20.6. The first-order chi connectivity index (χ1) is 17.4. The van der Waals surface area contributed by atoms with E-state index in [1.807, 2.05) is 0 Å². The molecule has 2 aromatic heterocycles. The van der Waals surface area contributed by atoms with Gasteiger partial charge in [-0.2, -0.15) is 0 Å². The van der Waals surface area contributed by atoms with E-state index >= 15 is 0 Å². The Morgan fingerprint density at radius 3 is 2.49 bits per heavy atom. The average molecular weight is 636 g/mol. The van der Waals surface area contributed by atoms with Gasteiger partial charge in [-0.3, -0.25) is 0 Å². The zero-order valence-corrected chi connectivity index (χ0v) is 22.8. The molecule has 0 saturated heterocycles. The number of anilines is 1. The van der Waals surface area contributed by atoms with Crippen molar-refractivity contribution in [2.75, 3.05) is 28.8 Å². The Hall–Kier alpha value is -2.97. The number of hydrogen-bond acceptors (Lipinski definition) is 6. The predicted octanol–water partition coefficient (Wildman–Crippen LogP) is 1.17. The summed E-state index contributed by atoms with van der Waals surface area (Å²) in [5.74, 6) is -5.30. The monoisotopic (exact) mass is 636 g/mol. The molecule has 13 heteroatoms. The number of ether oxygens (including phenoxy) is 1. The second-order valence-corrected chi connectivity index (χ2v) is 11.0. The van der Waals surface area contributed by atoms with Crippen LogP contribution in [0, 0.1) is 17.7 Å². The Bertz CT molecular complexity index is 1170. The molecule has 2 N–H and O–H groups in total. The topological polar surface area (TPSA) is 96.5 Å². The number of hydrogen-bond donors (Lipinski definition) is 2. The Labute approximate surface area is 222 Å². The molecule has 0 spiro atoms. The van der Waals surface area contributed by atoms with Gasteiger partial charge in [-0.15, -0.1) is 0 Å². The number of carbonyl (C=O) groups is 2. The minimum atomic E-state index is -2.79. The van der Waals surface area contributed by atoms with Crippen LogP contribution in [-0.2, 0) is 9.53 Å². The molecule has 1 atom stereocenters. The van der Waals surface area contributed by atoms with Crippen molar-refractivity contribution in [3.05, 3.63) is 59.4 Å². The second kappa shape index (κ2) is 12.0. The van der Waals surface area contributed by atoms with Crippen molar-refractivity contribution >= 4 is 23.3 Å². The van der Waals surface area contributed by atoms with Crippen molar-refractivity contribution in [3.8, 4) is 0 Å². The summed E-state index contributed by atoms with van der Waals surface area (Å²) in [6, 6.07) is 4.18. The number of allylic oxidation sites excluding steroid dienone is 1. The molecule has 1 saturated carbocycles. The van der Waals surface area contributed by atoms with Crippen molar-refractivity contribution < 1.29 is 53.1 Å². The van der Waals surface area contributed by atoms with Crippen LogP contribution in [0.2, 0.25) is 0 Å². The Morgan fingerprint density at radius 1 is 1.22 bits per heavy atom. The fourth-order valence-electron chi connectivity index (χ4n) is 3.65. The predicted molar refractivity (Wildman–Crippen MR) is 124 cm³/mol. The second-order valence-electron chi connectivity index (χ2n) is 8.71. The molecule has 0 unspecified atom stereocenters. The van der Waals surface area contributed by atoms with Gasteiger partial charge in [0.2, 0.25) is 0 Å². The molecular weight excluding hydrogens is 609 g/mol. The van der Waals surface area contributed by atoms with Gasteiger partial charge in [-0.05, 0) is 0 Å². The molecule has 1 aliphatic rings. The molecular formula is C24H27F4IN5O3-. The minimum absolute atomic E-state index is 0.199. The van der Waals surface area contributed by atoms with Crippen molar-refractivity contribution in [1.29, 1.82) is 0 Å². The maximum absolute atomic E-state index is 14.0. The van der Waals surface area contributed by atoms with Crippen LogP contribution in [0.25, 0.3) is 5.57 Å². The molecule has 0 radical (unpaired) electrons. The SMILES string of the molecule is C[I-]C/C(=C(/NC(=O)O[C@H](C)c1cc(F)cnc1F)N(C)C)c1ccc(NC(=O)C2CC(F)(F)C2)cn1. The number of halogens is 5. The molecule has 1 aliphatic carbocycles. The summed E-state index contributed by atoms with van der Waals surface area (Å²) in [5, 5.41) is 5.27. The third-order valence-electron chi connectivity index (χ3n) is 5.58. The number of carbonyl (C=O) groups excluding carboxylic acids is 2. The van der Waals surface area contributed by atoms with Gasteiger partial charge in [0.25, 0.3) is 0 Å². The van der Waals surface area contributed by atoms with E-state index in [-0.39, 0.29) is 26.8 Å². The Kier molecular flexibility index (Phi) is 9.31. The number of pyridine rings is 2. The first-order valence-corrected chi connectivity index (χ1v) is 14.9. The standard InChI is InChI=1S/C24H27F4IN5O3/c1-13(17-7-15(25)11-31-20(17)26)37-23(36)33-21(34(3)4)18(10-29-2)19-6-5-16(12-30-19)32-22(35)14-8-24(27,28)9-14/h5-7,11-14H,8-10H2,1-4H3,(H,32,35)(H,33,36)/q-1/b21-18+/t13-/m1/s1. The number of nitrogens with one attached hydrogen (secondary N) is 2. The molecule has 0 aromatic carbocycles. The first-order valence-electron chi connectivity index (χ1n) is 11.2. The molecule has 0 aliphatic heterocycles. The quantitative estimate of drug-likeness (QED) is 0.186. The van der Waals surface area contributed by atoms with Gasteiger partial charge < -0.3 is 0 Å². The van der Waals surface area contributed by atoms with E-state index in [1.165, 1.54) is 13.1 Å². The van der Waals surface area contributed by atoms with Crippen molar-refractivity contribution in [2.45, 2.75) is 31.8 Å². The molecule has 1 fully saturated rings. The number of amides is 2. The summed E-state index contributed by atoms with van der Waals surface area (Å²) >= 11 is -0.298. The molecule has 202 valence electrons. The van der Waals surface area contributed by atoms with E-state index in [9.17, 15) is 27.2 Å². The number of nitrogens with zero attached hydrogens (tertiary/aromatic N) is 3. The van der Waals surface area contributed by atoms with Crippen molar-refractivity contribution in [2.24, 2.45) is 5.92 Å². The van der Waals surface area contributed by atoms with Crippen LogP contribution in [-0.4, -0.2) is 56.2 Å². The van der Waals surface area contributed by atoms with Crippen LogP contribution in [0.1, 0.15) is 37.1 Å². The zero-order chi connectivity index (χ0) is 27.3. The molecule has 2 amide bonds. The van der Waals surface area contributed by atoms with Gasteiger partial charge in [0.05, 0.1) is 0 Å². The number of aromatic nitrogens is 2. The van der Waals surface area contributed by atoms with E-state index in [0.29, 0.717) is 27.2 Å². The Morgan fingerprint density at radius 2 is 1.92 bits per heavy atom. The average Bonchev–Trinajstić information content (AvgIpc) is 2.81. The molecule has 0 bridgehead atoms. The molecule has 3 rings (SSSR count). The van der Waals surface area contributed by atoms with Crippen molar-refractivity contribution in [3.63, 3.8) is 0 Å². The summed E-state index contributed by atoms with van der Waals surface area (Å²) in [6.07, 6.45) is -0.767. The summed E-state index contributed by atoms with van der Waals surface area (Å²) in [6.45, 7) is 1.40. The number of alkyl halides is 4. The third kappa shape index (κ3) is 7.52. The van der Waals surface area contributed by atoms with Crippen LogP contribution in [0.4, 0.5) is 28.0 Å². The van der Waals surface area contributed by atoms with Gasteiger partial charge in [0, 0.05) is 0 Å². The molecule has 8 nitrogen and oxygen atoms in total. The first kappa shape index (κ1) is 28.6. The molecule has 37 heavy (non-hydrogen) atoms. The van der Waals surface area contributed by atoms with Gasteiger partial charge in [0.1, 0.15) is 0 Å². The van der Waals surface area contributed by atoms with Gasteiger partial charge >= 0.3 is 222 Å². The Balaban J connectivity index is 1.75. The van der Waals surface area contributed by atoms with Gasteiger partial charge in [-0.25, -0.2) is 0 Å². The number of rotatable bonds is 9. The van der Waals surface area contributed by atoms with Crippen LogP contribution in [0.5, 0.6) is 0 Å². The van der Waals surface area contributed by atoms with E-state index in [1.54, 1.807) is 31.1 Å². The van der Waals surface area contributed by atoms with Crippen LogP contribution in [0.3, 0.4) is 0 Å². The normalized spacial score (nSPS) is 16.3. The van der Waals surface area contributed by atoms with Gasteiger partial charge in [0.15, 0.2) is 0 Å². The molecule has 2 aromatic rings. The fourth-order valence-corrected chi connectivity index (χ4v) is 5.17. The van der Waals surface area contributed by atoms with Crippen LogP contribution >= 0.6 is 0 Å². The summed E-state index contributed by atoms with van der Waals surface area (Å²) in [4.78, 5) is 36.2. The van der Waals surface area contributed by atoms with E-state index in [2.05, 4.69) is 25.5 Å². The van der Waals surface area contributed by atoms with Crippen molar-refractivity contribution in [1.82, 2.24) is 20.2 Å². The maximum atomic E-state index is 14.0. The van der Waals surface area contributed by atoms with Crippen LogP contribution < -0.4 is 31.8 Å². The van der Waals surface area contributed by atoms with Gasteiger partial charge in [-0.1, -0.05) is 0 Å². The fraction of sp³-hybridized carbons (Fsp3) is 0.417.